The van der Waals surface area contributed by atoms with Gasteiger partial charge in [0.25, 0.3) is 5.56 Å². The molecule has 4 aromatic rings. The highest BCUT2D eigenvalue weighted by atomic mass is 35.5. The van der Waals surface area contributed by atoms with E-state index in [1.807, 2.05) is 30.3 Å². The van der Waals surface area contributed by atoms with Crippen LogP contribution >= 0.6 is 46.1 Å². The number of ether oxygens (including phenoxy) is 2. The van der Waals surface area contributed by atoms with Crippen LogP contribution in [0.2, 0.25) is 15.1 Å². The molecular weight excluding hydrogens is 507 g/mol. The van der Waals surface area contributed by atoms with E-state index in [4.69, 9.17) is 44.3 Å². The lowest BCUT2D eigenvalue weighted by molar-refractivity contribution is 0.0455. The second-order valence-electron chi connectivity index (χ2n) is 7.03. The predicted molar refractivity (Wildman–Crippen MR) is 131 cm³/mol. The van der Waals surface area contributed by atoms with Gasteiger partial charge in [-0.05, 0) is 36.8 Å². The van der Waals surface area contributed by atoms with E-state index in [2.05, 4.69) is 4.98 Å². The Morgan fingerprint density at radius 1 is 1.06 bits per heavy atom. The first-order valence-electron chi connectivity index (χ1n) is 9.82. The van der Waals surface area contributed by atoms with Crippen LogP contribution in [0.5, 0.6) is 5.75 Å². The minimum atomic E-state index is -0.529. The molecule has 0 saturated carbocycles. The molecule has 0 fully saturated rings. The molecule has 0 atom stereocenters. The van der Waals surface area contributed by atoms with Crippen molar-refractivity contribution < 1.29 is 14.3 Å². The monoisotopic (exact) mass is 522 g/mol. The van der Waals surface area contributed by atoms with Gasteiger partial charge >= 0.3 is 5.97 Å². The Labute approximate surface area is 208 Å². The first-order valence-corrected chi connectivity index (χ1v) is 11.8. The highest BCUT2D eigenvalue weighted by Crippen LogP contribution is 2.32. The van der Waals surface area contributed by atoms with Crippen LogP contribution in [0.1, 0.15) is 20.8 Å². The van der Waals surface area contributed by atoms with Crippen molar-refractivity contribution in [3.05, 3.63) is 90.2 Å². The lowest BCUT2D eigenvalue weighted by atomic mass is 10.2. The third-order valence-electron chi connectivity index (χ3n) is 4.90. The summed E-state index contributed by atoms with van der Waals surface area (Å²) in [4.78, 5) is 30.9. The predicted octanol–water partition coefficient (Wildman–Crippen LogP) is 6.01. The zero-order valence-electron chi connectivity index (χ0n) is 17.3. The highest BCUT2D eigenvalue weighted by molar-refractivity contribution is 7.20. The number of aryl methyl sites for hydroxylation is 1. The molecule has 0 spiro atoms. The van der Waals surface area contributed by atoms with Gasteiger partial charge in [-0.3, -0.25) is 9.36 Å². The second kappa shape index (κ2) is 10.1. The van der Waals surface area contributed by atoms with Crippen molar-refractivity contribution in [1.82, 2.24) is 9.55 Å². The van der Waals surface area contributed by atoms with Crippen molar-refractivity contribution in [3.8, 4) is 5.75 Å². The molecule has 4 rings (SSSR count). The molecule has 0 amide bonds. The molecule has 2 heterocycles. The van der Waals surface area contributed by atoms with Gasteiger partial charge in [0.15, 0.2) is 0 Å². The Balaban J connectivity index is 1.53. The number of para-hydroxylation sites is 1. The van der Waals surface area contributed by atoms with Crippen LogP contribution < -0.4 is 10.3 Å². The lowest BCUT2D eigenvalue weighted by Gasteiger charge is -2.10. The van der Waals surface area contributed by atoms with Crippen molar-refractivity contribution in [2.45, 2.75) is 13.5 Å². The molecule has 0 aliphatic rings. The van der Waals surface area contributed by atoms with Crippen LogP contribution in [0.4, 0.5) is 0 Å². The van der Waals surface area contributed by atoms with Crippen LogP contribution in [0.15, 0.2) is 53.6 Å². The third-order valence-corrected chi connectivity index (χ3v) is 7.28. The molecule has 10 heteroatoms. The van der Waals surface area contributed by atoms with E-state index in [0.717, 1.165) is 11.3 Å². The van der Waals surface area contributed by atoms with E-state index < -0.39 is 5.97 Å². The van der Waals surface area contributed by atoms with Crippen LogP contribution in [0.3, 0.4) is 0 Å². The molecule has 6 nitrogen and oxygen atoms in total. The molecule has 170 valence electrons. The Bertz CT molecular complexity index is 1390. The fourth-order valence-corrected chi connectivity index (χ4v) is 4.93. The molecule has 0 aliphatic carbocycles. The summed E-state index contributed by atoms with van der Waals surface area (Å²) in [6.45, 7) is 2.07. The van der Waals surface area contributed by atoms with Gasteiger partial charge < -0.3 is 9.47 Å². The van der Waals surface area contributed by atoms with Gasteiger partial charge in [-0.1, -0.05) is 53.0 Å². The molecule has 0 unspecified atom stereocenters. The number of halogens is 3. The SMILES string of the molecule is Cc1c(C(=O)OCCOc2ccccc2)sc2ncn(Cc3c(Cl)ccc(Cl)c3Cl)c(=O)c12. The summed E-state index contributed by atoms with van der Waals surface area (Å²) in [5, 5.41) is 1.36. The molecule has 0 bridgehead atoms. The van der Waals surface area contributed by atoms with Crippen LogP contribution in [-0.2, 0) is 11.3 Å². The third kappa shape index (κ3) is 5.01. The molecule has 0 aliphatic heterocycles. The summed E-state index contributed by atoms with van der Waals surface area (Å²) in [6, 6.07) is 12.4. The van der Waals surface area contributed by atoms with Crippen LogP contribution in [0, 0.1) is 6.92 Å². The number of carbonyl (C=O) groups is 1. The van der Waals surface area contributed by atoms with Crippen molar-refractivity contribution in [1.29, 1.82) is 0 Å². The average Bonchev–Trinajstić information content (AvgIpc) is 3.16. The second-order valence-corrected chi connectivity index (χ2v) is 9.22. The minimum absolute atomic E-state index is 0.0742. The minimum Gasteiger partial charge on any atom is -0.490 e. The Kier molecular flexibility index (Phi) is 7.24. The highest BCUT2D eigenvalue weighted by Gasteiger charge is 2.21. The molecule has 2 aromatic heterocycles. The van der Waals surface area contributed by atoms with Gasteiger partial charge in [-0.25, -0.2) is 9.78 Å². The Hall–Kier alpha value is -2.58. The van der Waals surface area contributed by atoms with Gasteiger partial charge in [-0.15, -0.1) is 11.3 Å². The number of rotatable bonds is 7. The molecule has 2 aromatic carbocycles. The molecule has 0 saturated heterocycles. The Morgan fingerprint density at radius 3 is 2.55 bits per heavy atom. The first-order chi connectivity index (χ1) is 15.9. The fourth-order valence-electron chi connectivity index (χ4n) is 3.23. The number of fused-ring (bicyclic) bond motifs is 1. The van der Waals surface area contributed by atoms with Gasteiger partial charge in [0, 0.05) is 10.6 Å². The standard InChI is InChI=1S/C23H17Cl3N2O4S/c1-13-18-21(33-20(13)23(30)32-10-9-31-14-5-3-2-4-6-14)27-12-28(22(18)29)11-15-16(24)7-8-17(25)19(15)26/h2-8,12H,9-11H2,1H3. The van der Waals surface area contributed by atoms with E-state index in [-0.39, 0.29) is 30.3 Å². The summed E-state index contributed by atoms with van der Waals surface area (Å²) < 4.78 is 12.2. The fraction of sp³-hybridized carbons (Fsp3) is 0.174. The zero-order valence-corrected chi connectivity index (χ0v) is 20.4. The molecule has 0 N–H and O–H groups in total. The quantitative estimate of drug-likeness (QED) is 0.168. The number of carbonyl (C=O) groups excluding carboxylic acids is 1. The van der Waals surface area contributed by atoms with Crippen LogP contribution in [0.25, 0.3) is 10.2 Å². The maximum absolute atomic E-state index is 13.2. The number of hydrogen-bond acceptors (Lipinski definition) is 6. The van der Waals surface area contributed by atoms with Crippen molar-refractivity contribution in [2.75, 3.05) is 13.2 Å². The number of thiophene rings is 1. The van der Waals surface area contributed by atoms with Crippen molar-refractivity contribution in [2.24, 2.45) is 0 Å². The normalized spacial score (nSPS) is 11.0. The average molecular weight is 524 g/mol. The van der Waals surface area contributed by atoms with E-state index in [1.54, 1.807) is 19.1 Å². The van der Waals surface area contributed by atoms with E-state index >= 15 is 0 Å². The molecule has 0 radical (unpaired) electrons. The summed E-state index contributed by atoms with van der Waals surface area (Å²) in [6.07, 6.45) is 1.40. The number of aromatic nitrogens is 2. The number of esters is 1. The number of benzene rings is 2. The lowest BCUT2D eigenvalue weighted by Crippen LogP contribution is -2.21. The van der Waals surface area contributed by atoms with Crippen molar-refractivity contribution in [3.63, 3.8) is 0 Å². The first kappa shape index (κ1) is 23.6. The topological polar surface area (TPSA) is 70.4 Å². The van der Waals surface area contributed by atoms with E-state index in [1.165, 1.54) is 10.9 Å². The summed E-state index contributed by atoms with van der Waals surface area (Å²) in [7, 11) is 0. The van der Waals surface area contributed by atoms with Gasteiger partial charge in [0.1, 0.15) is 28.7 Å². The largest absolute Gasteiger partial charge is 0.490 e. The number of nitrogens with zero attached hydrogens (tertiary/aromatic N) is 2. The van der Waals surface area contributed by atoms with Gasteiger partial charge in [0.2, 0.25) is 0 Å². The van der Waals surface area contributed by atoms with Gasteiger partial charge in [0.05, 0.1) is 28.3 Å². The summed E-state index contributed by atoms with van der Waals surface area (Å²) in [5.74, 6) is 0.162. The molecule has 33 heavy (non-hydrogen) atoms. The summed E-state index contributed by atoms with van der Waals surface area (Å²) >= 11 is 19.7. The van der Waals surface area contributed by atoms with E-state index in [9.17, 15) is 9.59 Å². The van der Waals surface area contributed by atoms with Crippen LogP contribution in [-0.4, -0.2) is 28.7 Å². The van der Waals surface area contributed by atoms with Crippen molar-refractivity contribution >= 4 is 62.3 Å². The number of hydrogen-bond donors (Lipinski definition) is 0. The Morgan fingerprint density at radius 2 is 1.79 bits per heavy atom. The molecular formula is C23H17Cl3N2O4S. The smallest absolute Gasteiger partial charge is 0.348 e. The maximum Gasteiger partial charge on any atom is 0.348 e. The van der Waals surface area contributed by atoms with E-state index in [0.29, 0.717) is 42.0 Å². The van der Waals surface area contributed by atoms with Gasteiger partial charge in [-0.2, -0.15) is 0 Å². The zero-order chi connectivity index (χ0) is 23.5. The maximum atomic E-state index is 13.2. The summed E-state index contributed by atoms with van der Waals surface area (Å²) in [5.41, 5.74) is 0.714.